The van der Waals surface area contributed by atoms with Crippen LogP contribution < -0.4 is 15.1 Å². The normalized spacial score (nSPS) is 14.4. The molecular weight excluding hydrogens is 428 g/mol. The molecule has 2 heterocycles. The van der Waals surface area contributed by atoms with E-state index in [1.54, 1.807) is 36.4 Å². The third kappa shape index (κ3) is 4.77. The van der Waals surface area contributed by atoms with Crippen molar-refractivity contribution in [3.05, 3.63) is 88.8 Å². The minimum absolute atomic E-state index is 0.107. The number of nitrogens with zero attached hydrogens (tertiary/aromatic N) is 2. The van der Waals surface area contributed by atoms with Gasteiger partial charge in [0, 0.05) is 44.5 Å². The van der Waals surface area contributed by atoms with Crippen LogP contribution >= 0.6 is 0 Å². The molecule has 0 aliphatic carbocycles. The fraction of sp³-hybridized carbons (Fsp3) is 0.250. The van der Waals surface area contributed by atoms with Gasteiger partial charge in [-0.3, -0.25) is 9.69 Å². The SMILES string of the molecule is Cc1ccc(N2CCN(CCOc3ccc4c(=O)c(-c5ccc(O)cc5)coc4c3)CC2)cc1. The van der Waals surface area contributed by atoms with E-state index in [0.717, 1.165) is 32.7 Å². The first-order valence-electron chi connectivity index (χ1n) is 11.6. The molecule has 0 unspecified atom stereocenters. The van der Waals surface area contributed by atoms with Gasteiger partial charge in [0.2, 0.25) is 0 Å². The molecule has 0 bridgehead atoms. The Morgan fingerprint density at radius 3 is 2.41 bits per heavy atom. The van der Waals surface area contributed by atoms with Crippen LogP contribution in [0.2, 0.25) is 0 Å². The Labute approximate surface area is 198 Å². The van der Waals surface area contributed by atoms with Gasteiger partial charge in [-0.2, -0.15) is 0 Å². The number of phenolic OH excluding ortho intramolecular Hbond substituents is 1. The highest BCUT2D eigenvalue weighted by atomic mass is 16.5. The van der Waals surface area contributed by atoms with Gasteiger partial charge in [-0.25, -0.2) is 0 Å². The lowest BCUT2D eigenvalue weighted by atomic mass is 10.1. The fourth-order valence-electron chi connectivity index (χ4n) is 4.32. The first-order valence-corrected chi connectivity index (χ1v) is 11.6. The van der Waals surface area contributed by atoms with Crippen molar-refractivity contribution in [2.75, 3.05) is 44.2 Å². The van der Waals surface area contributed by atoms with Gasteiger partial charge >= 0.3 is 0 Å². The molecule has 6 nitrogen and oxygen atoms in total. The van der Waals surface area contributed by atoms with Crippen molar-refractivity contribution in [3.8, 4) is 22.6 Å². The molecule has 1 saturated heterocycles. The average molecular weight is 457 g/mol. The number of anilines is 1. The number of aryl methyl sites for hydroxylation is 1. The van der Waals surface area contributed by atoms with E-state index in [0.29, 0.717) is 34.5 Å². The molecule has 4 aromatic rings. The standard InChI is InChI=1S/C28H28N2O4/c1-20-2-6-22(7-3-20)30-14-12-29(13-15-30)16-17-33-24-10-11-25-27(18-24)34-19-26(28(25)32)21-4-8-23(31)9-5-21/h2-11,18-19,31H,12-17H2,1H3. The van der Waals surface area contributed by atoms with Gasteiger partial charge in [0.15, 0.2) is 5.43 Å². The van der Waals surface area contributed by atoms with Crippen molar-refractivity contribution in [3.63, 3.8) is 0 Å². The van der Waals surface area contributed by atoms with Crippen LogP contribution in [0.1, 0.15) is 5.56 Å². The van der Waals surface area contributed by atoms with Gasteiger partial charge in [-0.1, -0.05) is 29.8 Å². The van der Waals surface area contributed by atoms with Gasteiger partial charge in [0.1, 0.15) is 30.0 Å². The molecule has 1 fully saturated rings. The highest BCUT2D eigenvalue weighted by Gasteiger charge is 2.17. The lowest BCUT2D eigenvalue weighted by molar-refractivity contribution is 0.200. The number of benzene rings is 3. The Morgan fingerprint density at radius 1 is 0.941 bits per heavy atom. The molecular formula is C28H28N2O4. The van der Waals surface area contributed by atoms with Crippen LogP contribution in [-0.2, 0) is 0 Å². The molecule has 0 radical (unpaired) electrons. The van der Waals surface area contributed by atoms with Crippen LogP contribution in [-0.4, -0.2) is 49.3 Å². The average Bonchev–Trinajstić information content (AvgIpc) is 2.86. The summed E-state index contributed by atoms with van der Waals surface area (Å²) in [4.78, 5) is 17.8. The Kier molecular flexibility index (Phi) is 6.23. The quantitative estimate of drug-likeness (QED) is 0.455. The van der Waals surface area contributed by atoms with Gasteiger partial charge in [0.05, 0.1) is 10.9 Å². The summed E-state index contributed by atoms with van der Waals surface area (Å²) >= 11 is 0. The summed E-state index contributed by atoms with van der Waals surface area (Å²) < 4.78 is 11.7. The number of phenols is 1. The van der Waals surface area contributed by atoms with Crippen LogP contribution in [0, 0.1) is 6.92 Å². The van der Waals surface area contributed by atoms with Crippen molar-refractivity contribution in [2.45, 2.75) is 6.92 Å². The third-order valence-electron chi connectivity index (χ3n) is 6.37. The van der Waals surface area contributed by atoms with E-state index in [2.05, 4.69) is 41.0 Å². The topological polar surface area (TPSA) is 66.2 Å². The number of piperazine rings is 1. The van der Waals surface area contributed by atoms with E-state index in [4.69, 9.17) is 9.15 Å². The maximum absolute atomic E-state index is 12.9. The molecule has 6 heteroatoms. The highest BCUT2D eigenvalue weighted by Crippen LogP contribution is 2.24. The Bertz CT molecular complexity index is 1320. The first kappa shape index (κ1) is 22.0. The monoisotopic (exact) mass is 456 g/mol. The summed E-state index contributed by atoms with van der Waals surface area (Å²) in [5, 5.41) is 9.98. The zero-order valence-corrected chi connectivity index (χ0v) is 19.2. The Hall–Kier alpha value is -3.77. The molecule has 34 heavy (non-hydrogen) atoms. The van der Waals surface area contributed by atoms with Crippen molar-refractivity contribution < 1.29 is 14.3 Å². The van der Waals surface area contributed by atoms with Crippen LogP contribution in [0.25, 0.3) is 22.1 Å². The van der Waals surface area contributed by atoms with Crippen LogP contribution in [0.15, 0.2) is 82.2 Å². The Balaban J connectivity index is 1.17. The van der Waals surface area contributed by atoms with E-state index < -0.39 is 0 Å². The molecule has 0 atom stereocenters. The molecule has 0 spiro atoms. The summed E-state index contributed by atoms with van der Waals surface area (Å²) in [5.41, 5.74) is 4.13. The van der Waals surface area contributed by atoms with Crippen molar-refractivity contribution in [1.82, 2.24) is 4.90 Å². The molecule has 1 aromatic heterocycles. The second-order valence-electron chi connectivity index (χ2n) is 8.70. The maximum atomic E-state index is 12.9. The van der Waals surface area contributed by atoms with E-state index in [1.807, 2.05) is 6.07 Å². The van der Waals surface area contributed by atoms with Gasteiger partial charge < -0.3 is 19.2 Å². The minimum Gasteiger partial charge on any atom is -0.508 e. The van der Waals surface area contributed by atoms with Crippen molar-refractivity contribution in [1.29, 1.82) is 0 Å². The number of ether oxygens (including phenoxy) is 1. The number of aromatic hydroxyl groups is 1. The third-order valence-corrected chi connectivity index (χ3v) is 6.37. The smallest absolute Gasteiger partial charge is 0.200 e. The summed E-state index contributed by atoms with van der Waals surface area (Å²) in [5.74, 6) is 0.843. The van der Waals surface area contributed by atoms with E-state index in [-0.39, 0.29) is 11.2 Å². The second-order valence-corrected chi connectivity index (χ2v) is 8.70. The lowest BCUT2D eigenvalue weighted by Crippen LogP contribution is -2.47. The molecule has 0 amide bonds. The zero-order chi connectivity index (χ0) is 23.5. The summed E-state index contributed by atoms with van der Waals surface area (Å²) in [6.07, 6.45) is 1.47. The zero-order valence-electron chi connectivity index (χ0n) is 19.2. The number of fused-ring (bicyclic) bond motifs is 1. The molecule has 1 N–H and O–H groups in total. The molecule has 174 valence electrons. The summed E-state index contributed by atoms with van der Waals surface area (Å²) in [6.45, 7) is 7.56. The van der Waals surface area contributed by atoms with Crippen molar-refractivity contribution >= 4 is 16.7 Å². The number of hydrogen-bond acceptors (Lipinski definition) is 6. The predicted octanol–water partition coefficient (Wildman–Crippen LogP) is 4.68. The first-order chi connectivity index (χ1) is 16.6. The van der Waals surface area contributed by atoms with Crippen LogP contribution in [0.4, 0.5) is 5.69 Å². The molecule has 0 saturated carbocycles. The number of hydrogen-bond donors (Lipinski definition) is 1. The minimum atomic E-state index is -0.107. The molecule has 1 aliphatic rings. The lowest BCUT2D eigenvalue weighted by Gasteiger charge is -2.36. The molecule has 3 aromatic carbocycles. The molecule has 1 aliphatic heterocycles. The van der Waals surface area contributed by atoms with Crippen LogP contribution in [0.3, 0.4) is 0 Å². The van der Waals surface area contributed by atoms with Gasteiger partial charge in [-0.05, 0) is 48.9 Å². The van der Waals surface area contributed by atoms with Crippen LogP contribution in [0.5, 0.6) is 11.5 Å². The maximum Gasteiger partial charge on any atom is 0.200 e. The van der Waals surface area contributed by atoms with E-state index in [1.165, 1.54) is 17.5 Å². The second kappa shape index (κ2) is 9.61. The summed E-state index contributed by atoms with van der Waals surface area (Å²) in [7, 11) is 0. The van der Waals surface area contributed by atoms with Gasteiger partial charge in [-0.15, -0.1) is 0 Å². The largest absolute Gasteiger partial charge is 0.508 e. The summed E-state index contributed by atoms with van der Waals surface area (Å²) in [6, 6.07) is 20.6. The highest BCUT2D eigenvalue weighted by molar-refractivity contribution is 5.82. The Morgan fingerprint density at radius 2 is 1.68 bits per heavy atom. The fourth-order valence-corrected chi connectivity index (χ4v) is 4.32. The van der Waals surface area contributed by atoms with E-state index in [9.17, 15) is 9.90 Å². The molecule has 5 rings (SSSR count). The van der Waals surface area contributed by atoms with Gasteiger partial charge in [0.25, 0.3) is 0 Å². The number of rotatable bonds is 6. The predicted molar refractivity (Wildman–Crippen MR) is 135 cm³/mol. The van der Waals surface area contributed by atoms with Crippen molar-refractivity contribution in [2.24, 2.45) is 0 Å². The van der Waals surface area contributed by atoms with E-state index >= 15 is 0 Å².